The van der Waals surface area contributed by atoms with E-state index in [-0.39, 0.29) is 39.7 Å². The maximum Gasteiger partial charge on any atom is 0.339 e. The number of carbonyl (C=O) groups is 2. The fourth-order valence-corrected chi connectivity index (χ4v) is 6.01. The van der Waals surface area contributed by atoms with Crippen LogP contribution in [0.2, 0.25) is 5.02 Å². The third-order valence-electron chi connectivity index (χ3n) is 5.26. The van der Waals surface area contributed by atoms with Gasteiger partial charge >= 0.3 is 10.1 Å². The van der Waals surface area contributed by atoms with Gasteiger partial charge in [-0.25, -0.2) is 0 Å². The van der Waals surface area contributed by atoms with Gasteiger partial charge in [0.05, 0.1) is 22.5 Å². The van der Waals surface area contributed by atoms with Gasteiger partial charge in [0.15, 0.2) is 11.5 Å². The van der Waals surface area contributed by atoms with E-state index in [1.807, 2.05) is 31.2 Å². The summed E-state index contributed by atoms with van der Waals surface area (Å²) in [4.78, 5) is 26.9. The van der Waals surface area contributed by atoms with Gasteiger partial charge in [-0.3, -0.25) is 14.5 Å². The lowest BCUT2D eigenvalue weighted by atomic mass is 10.1. The van der Waals surface area contributed by atoms with Crippen molar-refractivity contribution in [2.24, 2.45) is 0 Å². The fourth-order valence-electron chi connectivity index (χ4n) is 3.44. The Labute approximate surface area is 232 Å². The maximum atomic E-state index is 13.0. The average Bonchev–Trinajstić information content (AvgIpc) is 3.10. The van der Waals surface area contributed by atoms with E-state index >= 15 is 0 Å². The number of rotatable bonds is 8. The number of imide groups is 1. The summed E-state index contributed by atoms with van der Waals surface area (Å²) in [5.74, 6) is -0.295. The van der Waals surface area contributed by atoms with E-state index in [1.54, 1.807) is 25.1 Å². The van der Waals surface area contributed by atoms with Crippen molar-refractivity contribution in [1.82, 2.24) is 4.90 Å². The average molecular weight is 623 g/mol. The van der Waals surface area contributed by atoms with Crippen molar-refractivity contribution >= 4 is 66.6 Å². The molecule has 0 aromatic heterocycles. The molecule has 2 amide bonds. The zero-order chi connectivity index (χ0) is 26.7. The Hall–Kier alpha value is -2.79. The molecule has 11 heteroatoms. The molecule has 0 bridgehead atoms. The van der Waals surface area contributed by atoms with E-state index in [2.05, 4.69) is 15.9 Å². The molecular weight excluding hydrogens is 602 g/mol. The van der Waals surface area contributed by atoms with Crippen molar-refractivity contribution < 1.29 is 26.9 Å². The van der Waals surface area contributed by atoms with Gasteiger partial charge in [0.25, 0.3) is 11.1 Å². The van der Waals surface area contributed by atoms with Crippen LogP contribution in [0.3, 0.4) is 0 Å². The van der Waals surface area contributed by atoms with Gasteiger partial charge in [0.1, 0.15) is 4.90 Å². The van der Waals surface area contributed by atoms with E-state index in [9.17, 15) is 18.0 Å². The fraction of sp³-hybridized carbons (Fsp3) is 0.154. The van der Waals surface area contributed by atoms with Gasteiger partial charge in [-0.05, 0) is 95.1 Å². The molecule has 1 saturated heterocycles. The highest BCUT2D eigenvalue weighted by Gasteiger charge is 2.35. The first kappa shape index (κ1) is 27.3. The molecule has 0 aliphatic carbocycles. The van der Waals surface area contributed by atoms with Gasteiger partial charge in [0.2, 0.25) is 0 Å². The lowest BCUT2D eigenvalue weighted by Crippen LogP contribution is -2.27. The highest BCUT2D eigenvalue weighted by atomic mass is 79.9. The first-order chi connectivity index (χ1) is 17.6. The summed E-state index contributed by atoms with van der Waals surface area (Å²) >= 11 is 10.1. The summed E-state index contributed by atoms with van der Waals surface area (Å²) in [6.45, 7) is 4.12. The zero-order valence-electron chi connectivity index (χ0n) is 19.7. The number of thioether (sulfide) groups is 1. The predicted octanol–water partition coefficient (Wildman–Crippen LogP) is 6.81. The molecule has 1 heterocycles. The summed E-state index contributed by atoms with van der Waals surface area (Å²) in [5, 5.41) is 0.0257. The van der Waals surface area contributed by atoms with Gasteiger partial charge in [-0.15, -0.1) is 0 Å². The molecule has 0 radical (unpaired) electrons. The number of amides is 2. The lowest BCUT2D eigenvalue weighted by molar-refractivity contribution is -0.123. The minimum absolute atomic E-state index is 0.0403. The molecule has 4 rings (SSSR count). The summed E-state index contributed by atoms with van der Waals surface area (Å²) in [7, 11) is -4.18. The molecule has 37 heavy (non-hydrogen) atoms. The Balaban J connectivity index is 1.61. The molecule has 1 aliphatic rings. The van der Waals surface area contributed by atoms with Crippen LogP contribution in [0.25, 0.3) is 6.08 Å². The van der Waals surface area contributed by atoms with Crippen molar-refractivity contribution in [1.29, 1.82) is 0 Å². The van der Waals surface area contributed by atoms with Crippen LogP contribution in [-0.4, -0.2) is 31.1 Å². The second kappa shape index (κ2) is 11.3. The van der Waals surface area contributed by atoms with Crippen LogP contribution in [0.1, 0.15) is 23.6 Å². The molecule has 192 valence electrons. The highest BCUT2D eigenvalue weighted by Crippen LogP contribution is 2.41. The predicted molar refractivity (Wildman–Crippen MR) is 147 cm³/mol. The molecule has 0 spiro atoms. The largest absolute Gasteiger partial charge is 0.490 e. The van der Waals surface area contributed by atoms with Crippen LogP contribution < -0.4 is 8.92 Å². The summed E-state index contributed by atoms with van der Waals surface area (Å²) in [5.41, 5.74) is 2.45. The van der Waals surface area contributed by atoms with Crippen molar-refractivity contribution in [3.8, 4) is 11.5 Å². The minimum Gasteiger partial charge on any atom is -0.490 e. The van der Waals surface area contributed by atoms with Gasteiger partial charge < -0.3 is 8.92 Å². The number of halogens is 2. The van der Waals surface area contributed by atoms with Crippen LogP contribution >= 0.6 is 39.3 Å². The third-order valence-corrected chi connectivity index (χ3v) is 8.24. The van der Waals surface area contributed by atoms with Gasteiger partial charge in [0, 0.05) is 5.02 Å². The van der Waals surface area contributed by atoms with Crippen molar-refractivity contribution in [2.45, 2.75) is 25.3 Å². The Kier molecular flexibility index (Phi) is 8.33. The standard InChI is InChI=1S/C26H21BrClNO6S2/c1-3-34-22-13-18(12-21(27)24(22)35-37(32,33)20-10-8-19(28)9-11-20)14-23-25(30)29(26(31)36-23)15-17-6-4-16(2)5-7-17/h4-14H,3,15H2,1-2H3/b23-14-. The molecule has 1 fully saturated rings. The van der Waals surface area contributed by atoms with E-state index in [1.165, 1.54) is 29.2 Å². The van der Waals surface area contributed by atoms with Crippen LogP contribution in [0.4, 0.5) is 4.79 Å². The molecule has 0 saturated carbocycles. The lowest BCUT2D eigenvalue weighted by Gasteiger charge is -2.15. The summed E-state index contributed by atoms with van der Waals surface area (Å²) in [6, 6.07) is 16.3. The molecule has 0 N–H and O–H groups in total. The van der Waals surface area contributed by atoms with E-state index in [4.69, 9.17) is 20.5 Å². The Morgan fingerprint density at radius 3 is 2.38 bits per heavy atom. The molecule has 0 unspecified atom stereocenters. The third kappa shape index (κ3) is 6.38. The summed E-state index contributed by atoms with van der Waals surface area (Å²) < 4.78 is 37.0. The van der Waals surface area contributed by atoms with Crippen LogP contribution in [0.5, 0.6) is 11.5 Å². The topological polar surface area (TPSA) is 90.0 Å². The Bertz CT molecular complexity index is 1490. The highest BCUT2D eigenvalue weighted by molar-refractivity contribution is 9.10. The molecule has 7 nitrogen and oxygen atoms in total. The first-order valence-electron chi connectivity index (χ1n) is 11.0. The SMILES string of the molecule is CCOc1cc(/C=C2\SC(=O)N(Cc3ccc(C)cc3)C2=O)cc(Br)c1OS(=O)(=O)c1ccc(Cl)cc1. The van der Waals surface area contributed by atoms with Crippen LogP contribution in [0.15, 0.2) is 74.9 Å². The summed E-state index contributed by atoms with van der Waals surface area (Å²) in [6.07, 6.45) is 1.56. The van der Waals surface area contributed by atoms with E-state index in [0.717, 1.165) is 22.9 Å². The second-order valence-electron chi connectivity index (χ2n) is 8.01. The van der Waals surface area contributed by atoms with Crippen molar-refractivity contribution in [3.63, 3.8) is 0 Å². The molecule has 3 aromatic carbocycles. The quantitative estimate of drug-likeness (QED) is 0.201. The number of hydrogen-bond acceptors (Lipinski definition) is 7. The van der Waals surface area contributed by atoms with E-state index in [0.29, 0.717) is 15.1 Å². The number of aryl methyl sites for hydroxylation is 1. The molecular formula is C26H21BrClNO6S2. The first-order valence-corrected chi connectivity index (χ1v) is 14.4. The zero-order valence-corrected chi connectivity index (χ0v) is 23.7. The number of nitrogens with zero attached hydrogens (tertiary/aromatic N) is 1. The molecule has 3 aromatic rings. The van der Waals surface area contributed by atoms with Crippen molar-refractivity contribution in [3.05, 3.63) is 91.8 Å². The number of benzene rings is 3. The smallest absolute Gasteiger partial charge is 0.339 e. The van der Waals surface area contributed by atoms with Crippen LogP contribution in [0, 0.1) is 6.92 Å². The molecule has 0 atom stereocenters. The van der Waals surface area contributed by atoms with Crippen LogP contribution in [-0.2, 0) is 21.5 Å². The second-order valence-corrected chi connectivity index (χ2v) is 11.8. The minimum atomic E-state index is -4.18. The number of hydrogen-bond donors (Lipinski definition) is 0. The van der Waals surface area contributed by atoms with Crippen molar-refractivity contribution in [2.75, 3.05) is 6.61 Å². The van der Waals surface area contributed by atoms with Gasteiger partial charge in [-0.1, -0.05) is 41.4 Å². The van der Waals surface area contributed by atoms with E-state index < -0.39 is 16.0 Å². The Morgan fingerprint density at radius 1 is 1.05 bits per heavy atom. The monoisotopic (exact) mass is 621 g/mol. The number of carbonyl (C=O) groups excluding carboxylic acids is 2. The van der Waals surface area contributed by atoms with Gasteiger partial charge in [-0.2, -0.15) is 8.42 Å². The number of ether oxygens (including phenoxy) is 1. The maximum absolute atomic E-state index is 13.0. The normalized spacial score (nSPS) is 14.9. The molecule has 1 aliphatic heterocycles. The Morgan fingerprint density at radius 2 is 1.73 bits per heavy atom.